The van der Waals surface area contributed by atoms with Crippen molar-refractivity contribution in [2.45, 2.75) is 51.1 Å². The number of hydrogen-bond acceptors (Lipinski definition) is 3. The van der Waals surface area contributed by atoms with Crippen LogP contribution in [0.5, 0.6) is 0 Å². The first-order valence-corrected chi connectivity index (χ1v) is 7.24. The van der Waals surface area contributed by atoms with Crippen LogP contribution < -0.4 is 5.73 Å². The molecule has 0 saturated heterocycles. The minimum absolute atomic E-state index is 0.494. The fourth-order valence-electron chi connectivity index (χ4n) is 3.19. The fourth-order valence-corrected chi connectivity index (χ4v) is 3.19. The van der Waals surface area contributed by atoms with E-state index in [0.717, 1.165) is 24.8 Å². The second-order valence-electron chi connectivity index (χ2n) is 5.55. The van der Waals surface area contributed by atoms with Crippen LogP contribution in [0.15, 0.2) is 22.8 Å². The van der Waals surface area contributed by atoms with Crippen molar-refractivity contribution >= 4 is 0 Å². The predicted octanol–water partition coefficient (Wildman–Crippen LogP) is 3.01. The number of furan rings is 1. The van der Waals surface area contributed by atoms with Gasteiger partial charge < -0.3 is 10.2 Å². The minimum Gasteiger partial charge on any atom is -0.468 e. The molecule has 1 aliphatic carbocycles. The van der Waals surface area contributed by atoms with Gasteiger partial charge in [-0.2, -0.15) is 0 Å². The molecule has 18 heavy (non-hydrogen) atoms. The van der Waals surface area contributed by atoms with Gasteiger partial charge in [-0.1, -0.05) is 25.7 Å². The molecule has 2 rings (SSSR count). The van der Waals surface area contributed by atoms with Crippen LogP contribution in [0, 0.1) is 5.92 Å². The zero-order valence-electron chi connectivity index (χ0n) is 11.5. The van der Waals surface area contributed by atoms with Crippen LogP contribution in [0.25, 0.3) is 0 Å². The molecule has 1 aromatic heterocycles. The lowest BCUT2D eigenvalue weighted by molar-refractivity contribution is 0.150. The summed E-state index contributed by atoms with van der Waals surface area (Å²) in [5.74, 6) is 1.79. The fraction of sp³-hybridized carbons (Fsp3) is 0.733. The monoisotopic (exact) mass is 250 g/mol. The molecule has 1 aromatic rings. The summed E-state index contributed by atoms with van der Waals surface area (Å²) in [7, 11) is 2.17. The van der Waals surface area contributed by atoms with Crippen molar-refractivity contribution in [3.8, 4) is 0 Å². The second kappa shape index (κ2) is 6.95. The van der Waals surface area contributed by atoms with Crippen LogP contribution in [-0.2, 0) is 6.54 Å². The summed E-state index contributed by atoms with van der Waals surface area (Å²) >= 11 is 0. The predicted molar refractivity (Wildman–Crippen MR) is 74.2 cm³/mol. The van der Waals surface area contributed by atoms with Gasteiger partial charge in [0.25, 0.3) is 0 Å². The van der Waals surface area contributed by atoms with Crippen LogP contribution in [0.4, 0.5) is 0 Å². The molecule has 0 radical (unpaired) electrons. The molecule has 3 nitrogen and oxygen atoms in total. The summed E-state index contributed by atoms with van der Waals surface area (Å²) in [5, 5.41) is 0. The number of hydrogen-bond donors (Lipinski definition) is 1. The quantitative estimate of drug-likeness (QED) is 0.817. The average molecular weight is 250 g/mol. The Morgan fingerprint density at radius 1 is 1.33 bits per heavy atom. The second-order valence-corrected chi connectivity index (χ2v) is 5.55. The van der Waals surface area contributed by atoms with Gasteiger partial charge >= 0.3 is 0 Å². The molecule has 1 heterocycles. The molecule has 0 amide bonds. The molecule has 1 atom stereocenters. The average Bonchev–Trinajstić information content (AvgIpc) is 2.72. The maximum Gasteiger partial charge on any atom is 0.117 e. The van der Waals surface area contributed by atoms with Gasteiger partial charge in [-0.15, -0.1) is 0 Å². The molecule has 0 aromatic carbocycles. The standard InChI is InChI=1S/C15H26N2O/c1-17(12-14-9-6-10-18-14)15(11-16)13-7-4-2-3-5-8-13/h6,9-10,13,15H,2-5,7-8,11-12,16H2,1H3. The van der Waals surface area contributed by atoms with Crippen LogP contribution in [-0.4, -0.2) is 24.5 Å². The van der Waals surface area contributed by atoms with Gasteiger partial charge in [0.15, 0.2) is 0 Å². The third kappa shape index (κ3) is 3.59. The Morgan fingerprint density at radius 3 is 2.61 bits per heavy atom. The van der Waals surface area contributed by atoms with Crippen LogP contribution in [0.3, 0.4) is 0 Å². The lowest BCUT2D eigenvalue weighted by atomic mass is 9.91. The number of likely N-dealkylation sites (N-methyl/N-ethyl adjacent to an activating group) is 1. The molecule has 102 valence electrons. The highest BCUT2D eigenvalue weighted by atomic mass is 16.3. The molecular formula is C15H26N2O. The van der Waals surface area contributed by atoms with E-state index in [2.05, 4.69) is 11.9 Å². The lowest BCUT2D eigenvalue weighted by Crippen LogP contribution is -2.43. The molecule has 2 N–H and O–H groups in total. The summed E-state index contributed by atoms with van der Waals surface area (Å²) in [6.07, 6.45) is 9.96. The topological polar surface area (TPSA) is 42.4 Å². The largest absolute Gasteiger partial charge is 0.468 e. The van der Waals surface area contributed by atoms with Gasteiger partial charge in [-0.3, -0.25) is 4.90 Å². The smallest absolute Gasteiger partial charge is 0.117 e. The molecule has 1 fully saturated rings. The van der Waals surface area contributed by atoms with Crippen LogP contribution in [0.2, 0.25) is 0 Å². The van der Waals surface area contributed by atoms with Crippen molar-refractivity contribution in [2.75, 3.05) is 13.6 Å². The van der Waals surface area contributed by atoms with E-state index in [1.54, 1.807) is 6.26 Å². The lowest BCUT2D eigenvalue weighted by Gasteiger charge is -2.33. The van der Waals surface area contributed by atoms with Crippen molar-refractivity contribution in [3.63, 3.8) is 0 Å². The molecule has 3 heteroatoms. The number of rotatable bonds is 5. The summed E-state index contributed by atoms with van der Waals surface area (Å²) in [6, 6.07) is 4.48. The van der Waals surface area contributed by atoms with E-state index in [9.17, 15) is 0 Å². The Balaban J connectivity index is 1.93. The summed E-state index contributed by atoms with van der Waals surface area (Å²) in [4.78, 5) is 2.37. The maximum absolute atomic E-state index is 6.01. The zero-order valence-corrected chi connectivity index (χ0v) is 11.5. The highest BCUT2D eigenvalue weighted by Crippen LogP contribution is 2.28. The molecule has 1 unspecified atom stereocenters. The van der Waals surface area contributed by atoms with Gasteiger partial charge in [0.2, 0.25) is 0 Å². The number of nitrogens with zero attached hydrogens (tertiary/aromatic N) is 1. The van der Waals surface area contributed by atoms with Gasteiger partial charge in [-0.05, 0) is 37.9 Å². The van der Waals surface area contributed by atoms with Crippen LogP contribution >= 0.6 is 0 Å². The first-order chi connectivity index (χ1) is 8.81. The van der Waals surface area contributed by atoms with E-state index in [4.69, 9.17) is 10.2 Å². The first kappa shape index (κ1) is 13.6. The van der Waals surface area contributed by atoms with Gasteiger partial charge in [0.1, 0.15) is 5.76 Å². The summed E-state index contributed by atoms with van der Waals surface area (Å²) < 4.78 is 5.43. The van der Waals surface area contributed by atoms with E-state index in [1.165, 1.54) is 38.5 Å². The third-order valence-corrected chi connectivity index (χ3v) is 4.24. The van der Waals surface area contributed by atoms with Gasteiger partial charge in [0, 0.05) is 12.6 Å². The third-order valence-electron chi connectivity index (χ3n) is 4.24. The molecular weight excluding hydrogens is 224 g/mol. The van der Waals surface area contributed by atoms with Crippen molar-refractivity contribution in [3.05, 3.63) is 24.2 Å². The summed E-state index contributed by atoms with van der Waals surface area (Å²) in [6.45, 7) is 1.62. The Labute approximate surface area is 110 Å². The Bertz CT molecular complexity index is 315. The van der Waals surface area contributed by atoms with Gasteiger partial charge in [-0.25, -0.2) is 0 Å². The van der Waals surface area contributed by atoms with E-state index < -0.39 is 0 Å². The Hall–Kier alpha value is -0.800. The summed E-state index contributed by atoms with van der Waals surface area (Å²) in [5.41, 5.74) is 6.01. The molecule has 1 saturated carbocycles. The Kier molecular flexibility index (Phi) is 5.26. The van der Waals surface area contributed by atoms with Crippen LogP contribution in [0.1, 0.15) is 44.3 Å². The highest BCUT2D eigenvalue weighted by Gasteiger charge is 2.25. The van der Waals surface area contributed by atoms with E-state index >= 15 is 0 Å². The molecule has 0 aliphatic heterocycles. The van der Waals surface area contributed by atoms with E-state index in [-0.39, 0.29) is 0 Å². The van der Waals surface area contributed by atoms with E-state index in [1.807, 2.05) is 12.1 Å². The van der Waals surface area contributed by atoms with Crippen molar-refractivity contribution in [1.29, 1.82) is 0 Å². The minimum atomic E-state index is 0.494. The Morgan fingerprint density at radius 2 is 2.06 bits per heavy atom. The van der Waals surface area contributed by atoms with Gasteiger partial charge in [0.05, 0.1) is 12.8 Å². The molecule has 1 aliphatic rings. The van der Waals surface area contributed by atoms with Crippen molar-refractivity contribution in [1.82, 2.24) is 4.90 Å². The normalized spacial score (nSPS) is 19.9. The molecule has 0 bridgehead atoms. The number of nitrogens with two attached hydrogens (primary N) is 1. The first-order valence-electron chi connectivity index (χ1n) is 7.24. The van der Waals surface area contributed by atoms with Crippen molar-refractivity contribution in [2.24, 2.45) is 11.7 Å². The SMILES string of the molecule is CN(Cc1ccco1)C(CN)C1CCCCCC1. The molecule has 0 spiro atoms. The maximum atomic E-state index is 6.01. The zero-order chi connectivity index (χ0) is 12.8. The van der Waals surface area contributed by atoms with E-state index in [0.29, 0.717) is 6.04 Å². The highest BCUT2D eigenvalue weighted by molar-refractivity contribution is 4.98. The van der Waals surface area contributed by atoms with Crippen molar-refractivity contribution < 1.29 is 4.42 Å².